The van der Waals surface area contributed by atoms with Crippen LogP contribution in [0.2, 0.25) is 0 Å². The number of aromatic nitrogens is 2. The summed E-state index contributed by atoms with van der Waals surface area (Å²) in [5.41, 5.74) is 2.90. The largest absolute Gasteiger partial charge is 0.343 e. The molecule has 2 amide bonds. The van der Waals surface area contributed by atoms with Gasteiger partial charge in [-0.3, -0.25) is 9.59 Å². The zero-order valence-corrected chi connectivity index (χ0v) is 17.5. The molecule has 0 bridgehead atoms. The van der Waals surface area contributed by atoms with Crippen LogP contribution in [0, 0.1) is 6.92 Å². The average Bonchev–Trinajstić information content (AvgIpc) is 3.13. The van der Waals surface area contributed by atoms with Crippen LogP contribution >= 0.6 is 31.9 Å². The first-order valence-electron chi connectivity index (χ1n) is 8.07. The molecule has 27 heavy (non-hydrogen) atoms. The lowest BCUT2D eigenvalue weighted by Gasteiger charge is -2.08. The van der Waals surface area contributed by atoms with Gasteiger partial charge >= 0.3 is 0 Å². The van der Waals surface area contributed by atoms with Crippen molar-refractivity contribution in [1.29, 1.82) is 0 Å². The minimum atomic E-state index is -0.361. The molecule has 0 fully saturated rings. The zero-order chi connectivity index (χ0) is 19.4. The topological polar surface area (TPSA) is 76.0 Å². The Labute approximate surface area is 173 Å². The van der Waals surface area contributed by atoms with E-state index >= 15 is 0 Å². The van der Waals surface area contributed by atoms with E-state index in [0.717, 1.165) is 20.2 Å². The van der Waals surface area contributed by atoms with E-state index in [9.17, 15) is 9.59 Å². The van der Waals surface area contributed by atoms with E-state index in [1.165, 1.54) is 6.20 Å². The van der Waals surface area contributed by atoms with Crippen molar-refractivity contribution in [3.8, 4) is 5.69 Å². The summed E-state index contributed by atoms with van der Waals surface area (Å²) in [4.78, 5) is 24.3. The van der Waals surface area contributed by atoms with Crippen molar-refractivity contribution in [2.24, 2.45) is 0 Å². The summed E-state index contributed by atoms with van der Waals surface area (Å²) in [7, 11) is 0. The number of hydrogen-bond donors (Lipinski definition) is 2. The fourth-order valence-electron chi connectivity index (χ4n) is 2.37. The highest BCUT2D eigenvalue weighted by molar-refractivity contribution is 9.10. The Morgan fingerprint density at radius 3 is 2.56 bits per heavy atom. The number of carbonyl (C=O) groups excluding carboxylic acids is 2. The smallest absolute Gasteiger partial charge is 0.254 e. The number of halogens is 2. The molecule has 3 rings (SSSR count). The maximum absolute atomic E-state index is 12.2. The monoisotopic (exact) mass is 490 g/mol. The molecule has 0 saturated carbocycles. The second kappa shape index (κ2) is 8.49. The summed E-state index contributed by atoms with van der Waals surface area (Å²) in [5.74, 6) is -0.661. The van der Waals surface area contributed by atoms with Crippen LogP contribution in [0.1, 0.15) is 15.9 Å². The van der Waals surface area contributed by atoms with Crippen molar-refractivity contribution >= 4 is 49.4 Å². The molecule has 1 heterocycles. The summed E-state index contributed by atoms with van der Waals surface area (Å²) in [6.45, 7) is 1.81. The third-order valence-corrected chi connectivity index (χ3v) is 5.21. The van der Waals surface area contributed by atoms with Gasteiger partial charge < -0.3 is 10.6 Å². The predicted molar refractivity (Wildman–Crippen MR) is 111 cm³/mol. The molecule has 2 N–H and O–H groups in total. The Bertz CT molecular complexity index is 984. The third kappa shape index (κ3) is 5.05. The van der Waals surface area contributed by atoms with Crippen LogP contribution in [-0.2, 0) is 4.79 Å². The van der Waals surface area contributed by atoms with Crippen LogP contribution in [0.4, 0.5) is 5.69 Å². The Morgan fingerprint density at radius 1 is 1.11 bits per heavy atom. The molecular formula is C19H16Br2N4O2. The Kier molecular flexibility index (Phi) is 6.08. The maximum Gasteiger partial charge on any atom is 0.254 e. The predicted octanol–water partition coefficient (Wildman–Crippen LogP) is 4.07. The van der Waals surface area contributed by atoms with Gasteiger partial charge in [0.2, 0.25) is 5.91 Å². The van der Waals surface area contributed by atoms with Gasteiger partial charge in [0.05, 0.1) is 24.0 Å². The molecule has 0 atom stereocenters. The number of hydrogen-bond acceptors (Lipinski definition) is 3. The van der Waals surface area contributed by atoms with Gasteiger partial charge in [-0.2, -0.15) is 5.10 Å². The number of amides is 2. The molecule has 0 unspecified atom stereocenters. The van der Waals surface area contributed by atoms with Crippen LogP contribution < -0.4 is 10.6 Å². The standard InChI is InChI=1S/C19H16Br2N4O2/c1-12-8-15(4-7-17(12)21)24-18(26)10-22-19(27)13-9-23-25(11-13)16-5-2-14(20)3-6-16/h2-9,11H,10H2,1H3,(H,22,27)(H,24,26). The molecule has 2 aromatic carbocycles. The van der Waals surface area contributed by atoms with E-state index in [2.05, 4.69) is 47.6 Å². The number of rotatable bonds is 5. The number of carbonyl (C=O) groups is 2. The van der Waals surface area contributed by atoms with Gasteiger partial charge in [-0.1, -0.05) is 31.9 Å². The van der Waals surface area contributed by atoms with Crippen LogP contribution in [0.15, 0.2) is 63.8 Å². The molecule has 0 radical (unpaired) electrons. The molecule has 0 aliphatic heterocycles. The lowest BCUT2D eigenvalue weighted by atomic mass is 10.2. The molecule has 1 aromatic heterocycles. The first kappa shape index (κ1) is 19.3. The van der Waals surface area contributed by atoms with Crippen LogP contribution in [0.3, 0.4) is 0 Å². The summed E-state index contributed by atoms with van der Waals surface area (Å²) in [5, 5.41) is 9.54. The van der Waals surface area contributed by atoms with Crippen LogP contribution in [-0.4, -0.2) is 28.1 Å². The summed E-state index contributed by atoms with van der Waals surface area (Å²) in [6, 6.07) is 13.1. The number of benzene rings is 2. The summed E-state index contributed by atoms with van der Waals surface area (Å²) >= 11 is 6.79. The summed E-state index contributed by atoms with van der Waals surface area (Å²) in [6.07, 6.45) is 3.09. The number of nitrogens with zero attached hydrogens (tertiary/aromatic N) is 2. The van der Waals surface area contributed by atoms with Gasteiger partial charge in [-0.25, -0.2) is 4.68 Å². The highest BCUT2D eigenvalue weighted by Crippen LogP contribution is 2.19. The first-order valence-corrected chi connectivity index (χ1v) is 9.66. The van der Waals surface area contributed by atoms with Crippen LogP contribution in [0.5, 0.6) is 0 Å². The Balaban J connectivity index is 1.56. The van der Waals surface area contributed by atoms with Gasteiger partial charge in [0.1, 0.15) is 0 Å². The zero-order valence-electron chi connectivity index (χ0n) is 14.4. The molecule has 0 spiro atoms. The minimum Gasteiger partial charge on any atom is -0.343 e. The highest BCUT2D eigenvalue weighted by atomic mass is 79.9. The second-order valence-electron chi connectivity index (χ2n) is 5.84. The van der Waals surface area contributed by atoms with Crippen molar-refractivity contribution in [3.63, 3.8) is 0 Å². The second-order valence-corrected chi connectivity index (χ2v) is 7.61. The molecular weight excluding hydrogens is 476 g/mol. The molecule has 0 saturated heterocycles. The van der Waals surface area contributed by atoms with E-state index in [1.807, 2.05) is 43.3 Å². The lowest BCUT2D eigenvalue weighted by Crippen LogP contribution is -2.32. The molecule has 3 aromatic rings. The molecule has 138 valence electrons. The quantitative estimate of drug-likeness (QED) is 0.564. The van der Waals surface area contributed by atoms with Crippen molar-refractivity contribution < 1.29 is 9.59 Å². The average molecular weight is 492 g/mol. The molecule has 6 nitrogen and oxygen atoms in total. The van der Waals surface area contributed by atoms with Crippen molar-refractivity contribution in [1.82, 2.24) is 15.1 Å². The van der Waals surface area contributed by atoms with E-state index in [0.29, 0.717) is 11.3 Å². The molecule has 0 aliphatic rings. The summed E-state index contributed by atoms with van der Waals surface area (Å²) < 4.78 is 3.53. The van der Waals surface area contributed by atoms with Gasteiger partial charge in [0, 0.05) is 20.8 Å². The van der Waals surface area contributed by atoms with E-state index in [1.54, 1.807) is 16.9 Å². The fourth-order valence-corrected chi connectivity index (χ4v) is 2.88. The van der Waals surface area contributed by atoms with Crippen molar-refractivity contribution in [2.45, 2.75) is 6.92 Å². The highest BCUT2D eigenvalue weighted by Gasteiger charge is 2.11. The SMILES string of the molecule is Cc1cc(NC(=O)CNC(=O)c2cnn(-c3ccc(Br)cc3)c2)ccc1Br. The van der Waals surface area contributed by atoms with Gasteiger partial charge in [0.15, 0.2) is 0 Å². The van der Waals surface area contributed by atoms with E-state index in [-0.39, 0.29) is 18.4 Å². The normalized spacial score (nSPS) is 10.5. The Hall–Kier alpha value is -2.45. The van der Waals surface area contributed by atoms with Gasteiger partial charge in [0.25, 0.3) is 5.91 Å². The van der Waals surface area contributed by atoms with Crippen molar-refractivity contribution in [3.05, 3.63) is 74.9 Å². The number of aryl methyl sites for hydroxylation is 1. The van der Waals surface area contributed by atoms with E-state index in [4.69, 9.17) is 0 Å². The van der Waals surface area contributed by atoms with E-state index < -0.39 is 0 Å². The number of anilines is 1. The van der Waals surface area contributed by atoms with Gasteiger partial charge in [-0.15, -0.1) is 0 Å². The lowest BCUT2D eigenvalue weighted by molar-refractivity contribution is -0.115. The minimum absolute atomic E-state index is 0.128. The van der Waals surface area contributed by atoms with Gasteiger partial charge in [-0.05, 0) is 55.0 Å². The third-order valence-electron chi connectivity index (χ3n) is 3.79. The molecule has 8 heteroatoms. The van der Waals surface area contributed by atoms with Crippen LogP contribution in [0.25, 0.3) is 5.69 Å². The maximum atomic E-state index is 12.2. The van der Waals surface area contributed by atoms with Crippen molar-refractivity contribution in [2.75, 3.05) is 11.9 Å². The molecule has 0 aliphatic carbocycles. The fraction of sp³-hybridized carbons (Fsp3) is 0.105. The number of nitrogens with one attached hydrogen (secondary N) is 2. The first-order chi connectivity index (χ1) is 12.9. The Morgan fingerprint density at radius 2 is 1.85 bits per heavy atom.